The van der Waals surface area contributed by atoms with Gasteiger partial charge in [0.15, 0.2) is 0 Å². The molecule has 8 aromatic rings. The van der Waals surface area contributed by atoms with Gasteiger partial charge in [0.2, 0.25) is 0 Å². The van der Waals surface area contributed by atoms with E-state index in [1.165, 1.54) is 67.7 Å². The molecule has 0 amide bonds. The first-order valence-corrected chi connectivity index (χ1v) is 20.3. The van der Waals surface area contributed by atoms with Crippen LogP contribution in [0, 0.1) is 5.41 Å². The van der Waals surface area contributed by atoms with Crippen LogP contribution in [0.4, 0.5) is 0 Å². The molecule has 3 unspecified atom stereocenters. The Morgan fingerprint density at radius 3 is 2.12 bits per heavy atom. The van der Waals surface area contributed by atoms with Crippen LogP contribution >= 0.6 is 11.3 Å². The van der Waals surface area contributed by atoms with E-state index in [0.29, 0.717) is 0 Å². The van der Waals surface area contributed by atoms with E-state index in [-0.39, 0.29) is 16.2 Å². The maximum Gasteiger partial charge on any atom is 0.0478 e. The summed E-state index contributed by atoms with van der Waals surface area (Å²) in [5.41, 5.74) is 13.2. The summed E-state index contributed by atoms with van der Waals surface area (Å²) in [6.45, 7) is 4.69. The van der Waals surface area contributed by atoms with Gasteiger partial charge in [-0.1, -0.05) is 107 Å². The minimum atomic E-state index is 0.000627. The van der Waals surface area contributed by atoms with Gasteiger partial charge in [-0.05, 0) is 147 Å². The Morgan fingerprint density at radius 1 is 0.633 bits per heavy atom. The highest BCUT2D eigenvalue weighted by Gasteiger charge is 2.89. The zero-order chi connectivity index (χ0) is 31.8. The molecule has 14 rings (SSSR count). The van der Waals surface area contributed by atoms with Gasteiger partial charge in [-0.3, -0.25) is 0 Å². The number of rotatable bonds is 10. The van der Waals surface area contributed by atoms with E-state index >= 15 is 0 Å². The van der Waals surface area contributed by atoms with Crippen LogP contribution in [-0.2, 0) is 30.1 Å². The molecule has 1 spiro atoms. The number of benzene rings is 6. The van der Waals surface area contributed by atoms with Gasteiger partial charge in [-0.15, -0.1) is 11.3 Å². The van der Waals surface area contributed by atoms with E-state index < -0.39 is 0 Å². The predicted octanol–water partition coefficient (Wildman–Crippen LogP) is 13.1. The zero-order valence-electron chi connectivity index (χ0n) is 28.5. The lowest BCUT2D eigenvalue weighted by molar-refractivity contribution is 0.484. The van der Waals surface area contributed by atoms with E-state index in [0.717, 1.165) is 19.3 Å². The van der Waals surface area contributed by atoms with Crippen molar-refractivity contribution in [2.45, 2.75) is 95.3 Å². The maximum atomic E-state index is 2.89. The topological polar surface area (TPSA) is 0 Å². The van der Waals surface area contributed by atoms with Crippen molar-refractivity contribution in [1.82, 2.24) is 0 Å². The summed E-state index contributed by atoms with van der Waals surface area (Å²) in [5, 5.41) is 19.2. The molecule has 0 radical (unpaired) electrons. The molecule has 236 valence electrons. The summed E-state index contributed by atoms with van der Waals surface area (Å²) in [7, 11) is 0. The largest absolute Gasteiger partial charge is 0.145 e. The van der Waals surface area contributed by atoms with Crippen LogP contribution < -0.4 is 0 Å². The first-order valence-electron chi connectivity index (χ1n) is 19.5. The molecular formula is C48H38S. The van der Waals surface area contributed by atoms with Gasteiger partial charge in [0.1, 0.15) is 0 Å². The SMILES string of the molecule is CCCCCCCCCC1(c2ccc(CC)s2)C23C=Cc4cc5c6c7c4C21c1c2c4c(cc8ccc9cc(c6c6c9c8c4c6c17)C5)CC2=C3. The third-order valence-electron chi connectivity index (χ3n) is 15.3. The number of allylic oxidation sites excluding steroid dienone is 3. The Labute approximate surface area is 290 Å². The van der Waals surface area contributed by atoms with Gasteiger partial charge < -0.3 is 0 Å². The number of thiophene rings is 1. The van der Waals surface area contributed by atoms with Crippen molar-refractivity contribution >= 4 is 87.6 Å². The van der Waals surface area contributed by atoms with Crippen LogP contribution in [0.2, 0.25) is 0 Å². The summed E-state index contributed by atoms with van der Waals surface area (Å²) in [6.07, 6.45) is 22.5. The minimum absolute atomic E-state index is 0.000627. The van der Waals surface area contributed by atoms with E-state index in [9.17, 15) is 0 Å². The maximum absolute atomic E-state index is 2.89. The molecule has 0 nitrogen and oxygen atoms in total. The predicted molar refractivity (Wildman–Crippen MR) is 210 cm³/mol. The van der Waals surface area contributed by atoms with E-state index in [1.807, 2.05) is 0 Å². The van der Waals surface area contributed by atoms with Crippen molar-refractivity contribution in [2.75, 3.05) is 0 Å². The van der Waals surface area contributed by atoms with Crippen molar-refractivity contribution in [3.8, 4) is 0 Å². The molecular weight excluding hydrogens is 609 g/mol. The fourth-order valence-corrected chi connectivity index (χ4v) is 15.2. The highest BCUT2D eigenvalue weighted by molar-refractivity contribution is 7.12. The molecule has 0 saturated heterocycles. The average Bonchev–Trinajstić information content (AvgIpc) is 3.80. The number of hydrogen-bond donors (Lipinski definition) is 0. The number of hydrogen-bond acceptors (Lipinski definition) is 1. The molecule has 49 heavy (non-hydrogen) atoms. The molecule has 1 heterocycles. The Morgan fingerprint density at radius 2 is 1.33 bits per heavy atom. The van der Waals surface area contributed by atoms with Crippen LogP contribution in [0.15, 0.2) is 54.6 Å². The second-order valence-corrected chi connectivity index (χ2v) is 18.1. The van der Waals surface area contributed by atoms with Gasteiger partial charge in [-0.25, -0.2) is 0 Å². The van der Waals surface area contributed by atoms with Gasteiger partial charge >= 0.3 is 0 Å². The van der Waals surface area contributed by atoms with E-state index in [1.54, 1.807) is 103 Å². The van der Waals surface area contributed by atoms with Gasteiger partial charge in [0.25, 0.3) is 0 Å². The van der Waals surface area contributed by atoms with Crippen LogP contribution in [0.5, 0.6) is 0 Å². The molecule has 1 aromatic heterocycles. The molecule has 0 bridgehead atoms. The van der Waals surface area contributed by atoms with Gasteiger partial charge in [0, 0.05) is 26.0 Å². The molecule has 0 aliphatic heterocycles. The zero-order valence-corrected chi connectivity index (χ0v) is 29.3. The molecule has 0 N–H and O–H groups in total. The summed E-state index contributed by atoms with van der Waals surface area (Å²) < 4.78 is 0. The second kappa shape index (κ2) is 7.84. The van der Waals surface area contributed by atoms with Crippen LogP contribution in [0.25, 0.3) is 76.3 Å². The third kappa shape index (κ3) is 2.30. The van der Waals surface area contributed by atoms with Crippen molar-refractivity contribution in [3.63, 3.8) is 0 Å². The van der Waals surface area contributed by atoms with Crippen molar-refractivity contribution in [3.05, 3.63) is 103 Å². The highest BCUT2D eigenvalue weighted by Crippen LogP contribution is 2.91. The molecule has 7 aromatic carbocycles. The standard InChI is InChI=1S/C48H38S/c1-3-5-6-7-8-9-10-16-47(32-14-13-31(4-2)49-32)46-17-15-26-20-29-21-27-18-24-11-12-25-19-28-22-30(23-46)38-37(28)40-34(25)33(24)39-35(27)36(29)42-43(41(39)40)45(38)48(46,47)44(26)42/h11-15,17-20,23H,3-10,16,21-22H2,1-2H3. The first kappa shape index (κ1) is 25.9. The van der Waals surface area contributed by atoms with Gasteiger partial charge in [0.05, 0.1) is 0 Å². The molecule has 1 heteroatoms. The monoisotopic (exact) mass is 646 g/mol. The van der Waals surface area contributed by atoms with Crippen molar-refractivity contribution in [1.29, 1.82) is 0 Å². The fourth-order valence-electron chi connectivity index (χ4n) is 13.9. The Kier molecular flexibility index (Phi) is 4.15. The summed E-state index contributed by atoms with van der Waals surface area (Å²) >= 11 is 2.16. The lowest BCUT2D eigenvalue weighted by Crippen LogP contribution is -2.25. The quantitative estimate of drug-likeness (QED) is 0.102. The minimum Gasteiger partial charge on any atom is -0.145 e. The Bertz CT molecular complexity index is 2940. The fraction of sp³-hybridized carbons (Fsp3) is 0.333. The molecule has 1 fully saturated rings. The third-order valence-corrected chi connectivity index (χ3v) is 16.7. The van der Waals surface area contributed by atoms with E-state index in [2.05, 4.69) is 85.9 Å². The Hall–Kier alpha value is -3.94. The first-order chi connectivity index (χ1) is 24.2. The highest BCUT2D eigenvalue weighted by atomic mass is 32.1. The Balaban J connectivity index is 1.16. The van der Waals surface area contributed by atoms with Gasteiger partial charge in [-0.2, -0.15) is 0 Å². The molecule has 3 atom stereocenters. The number of aryl methyl sites for hydroxylation is 1. The average molecular weight is 647 g/mol. The molecule has 1 saturated carbocycles. The summed E-state index contributed by atoms with van der Waals surface area (Å²) in [5.74, 6) is 0. The smallest absolute Gasteiger partial charge is 0.0478 e. The van der Waals surface area contributed by atoms with Crippen molar-refractivity contribution < 1.29 is 0 Å². The lowest BCUT2D eigenvalue weighted by Gasteiger charge is -2.31. The summed E-state index contributed by atoms with van der Waals surface area (Å²) in [6, 6.07) is 17.8. The number of unbranched alkanes of at least 4 members (excludes halogenated alkanes) is 6. The summed E-state index contributed by atoms with van der Waals surface area (Å²) in [4.78, 5) is 3.23. The van der Waals surface area contributed by atoms with E-state index in [4.69, 9.17) is 0 Å². The lowest BCUT2D eigenvalue weighted by atomic mass is 9.71. The normalized spacial score (nSPS) is 25.8. The molecule has 6 aliphatic rings. The molecule has 6 aliphatic carbocycles. The second-order valence-electron chi connectivity index (χ2n) is 17.0. The van der Waals surface area contributed by atoms with Crippen LogP contribution in [0.1, 0.15) is 114 Å². The van der Waals surface area contributed by atoms with Crippen molar-refractivity contribution in [2.24, 2.45) is 5.41 Å². The van der Waals surface area contributed by atoms with Crippen LogP contribution in [-0.4, -0.2) is 0 Å². The van der Waals surface area contributed by atoms with Crippen LogP contribution in [0.3, 0.4) is 0 Å².